The highest BCUT2D eigenvalue weighted by Crippen LogP contribution is 2.19. The lowest BCUT2D eigenvalue weighted by Crippen LogP contribution is -2.10. The van der Waals surface area contributed by atoms with Crippen LogP contribution >= 0.6 is 141 Å². The minimum Gasteiger partial charge on any atom is -0.464 e. The third kappa shape index (κ3) is 19.4. The van der Waals surface area contributed by atoms with E-state index in [9.17, 15) is 19.2 Å². The molecule has 0 radical (unpaired) electrons. The van der Waals surface area contributed by atoms with Gasteiger partial charge in [0.25, 0.3) is 0 Å². The number of methoxy groups -OCH3 is 2. The Kier molecular flexibility index (Phi) is 23.7. The molecule has 0 aromatic carbocycles. The molecule has 242 valence electrons. The van der Waals surface area contributed by atoms with Crippen molar-refractivity contribution < 1.29 is 28.7 Å². The molecule has 4 heterocycles. The summed E-state index contributed by atoms with van der Waals surface area (Å²) in [5, 5.41) is 9.37. The average molecular weight is 1070 g/mol. The van der Waals surface area contributed by atoms with Gasteiger partial charge in [0.2, 0.25) is 10.5 Å². The van der Waals surface area contributed by atoms with Crippen LogP contribution in [0.15, 0.2) is 34.6 Å². The quantitative estimate of drug-likeness (QED) is 0.0822. The van der Waals surface area contributed by atoms with Gasteiger partial charge < -0.3 is 9.47 Å². The predicted octanol–water partition coefficient (Wildman–Crippen LogP) is 9.71. The number of halogens is 6. The third-order valence-electron chi connectivity index (χ3n) is 3.84. The number of carbonyl (C=O) groups is 4. The molecule has 0 amide bonds. The largest absolute Gasteiger partial charge is 0.464 e. The van der Waals surface area contributed by atoms with Crippen molar-refractivity contribution in [1.82, 2.24) is 19.9 Å². The summed E-state index contributed by atoms with van der Waals surface area (Å²) < 4.78 is 11.7. The fourth-order valence-electron chi connectivity index (χ4n) is 1.89. The van der Waals surface area contributed by atoms with Crippen molar-refractivity contribution in [2.75, 3.05) is 14.2 Å². The Morgan fingerprint density at radius 3 is 1.39 bits per heavy atom. The summed E-state index contributed by atoms with van der Waals surface area (Å²) in [6.45, 7) is 7.30. The van der Waals surface area contributed by atoms with Gasteiger partial charge in [-0.05, 0) is 91.4 Å². The maximum atomic E-state index is 11.4. The molecule has 0 aliphatic heterocycles. The molecular formula is C24H24Br6N4O6S4. The van der Waals surface area contributed by atoms with E-state index in [-0.39, 0.29) is 31.8 Å². The fraction of sp³-hybridized carbons (Fsp3) is 0.333. The van der Waals surface area contributed by atoms with E-state index in [2.05, 4.69) is 125 Å². The van der Waals surface area contributed by atoms with Crippen molar-refractivity contribution in [3.05, 3.63) is 61.1 Å². The molecule has 44 heavy (non-hydrogen) atoms. The molecule has 4 aromatic heterocycles. The predicted molar refractivity (Wildman–Crippen MR) is 199 cm³/mol. The number of alkyl halides is 2. The first-order valence-corrected chi connectivity index (χ1v) is 19.9. The van der Waals surface area contributed by atoms with E-state index in [0.717, 1.165) is 34.5 Å². The smallest absolute Gasteiger partial charge is 0.357 e. The van der Waals surface area contributed by atoms with Crippen LogP contribution in [-0.4, -0.2) is 66.2 Å². The summed E-state index contributed by atoms with van der Waals surface area (Å²) in [5.74, 6) is -1.03. The standard InChI is InChI=1S/C8H8BrNO3S.C6H7NO2S.C4H4BrNS.C3HBr2NS.C3H4Br2O/c1-4(9)6(11)7-10-5(3-14-7)8(12)13-2;1-4-7-5(3-10-4)6(8)9-2;1-3-6-4(5)2-7-3;4-2-1-7-3(5)6-2;1-2(4)3(5)6/h3-4H,1-2H3;3H,1-2H3;2H,1H3;1H;2H,1H3. The molecule has 0 N–H and O–H groups in total. The summed E-state index contributed by atoms with van der Waals surface area (Å²) in [4.78, 5) is 58.6. The van der Waals surface area contributed by atoms with Crippen LogP contribution in [0.4, 0.5) is 0 Å². The van der Waals surface area contributed by atoms with Crippen molar-refractivity contribution >= 4 is 163 Å². The Morgan fingerprint density at radius 1 is 0.682 bits per heavy atom. The second-order valence-electron chi connectivity index (χ2n) is 7.29. The normalized spacial score (nSPS) is 10.9. The first-order valence-electron chi connectivity index (χ1n) is 11.4. The van der Waals surface area contributed by atoms with Gasteiger partial charge in [0.15, 0.2) is 20.3 Å². The number of hydrogen-bond acceptors (Lipinski definition) is 14. The first-order chi connectivity index (χ1) is 20.5. The summed E-state index contributed by atoms with van der Waals surface area (Å²) in [5.41, 5.74) is 0.569. The van der Waals surface area contributed by atoms with Crippen LogP contribution in [-0.2, 0) is 14.3 Å². The van der Waals surface area contributed by atoms with Crippen LogP contribution in [0.5, 0.6) is 0 Å². The van der Waals surface area contributed by atoms with E-state index in [1.54, 1.807) is 41.9 Å². The van der Waals surface area contributed by atoms with Gasteiger partial charge in [0.05, 0.1) is 33.9 Å². The zero-order valence-electron chi connectivity index (χ0n) is 23.6. The highest BCUT2D eigenvalue weighted by Gasteiger charge is 2.18. The topological polar surface area (TPSA) is 138 Å². The molecule has 0 saturated heterocycles. The van der Waals surface area contributed by atoms with Crippen molar-refractivity contribution in [2.24, 2.45) is 0 Å². The minimum atomic E-state index is -0.525. The van der Waals surface area contributed by atoms with E-state index in [4.69, 9.17) is 0 Å². The van der Waals surface area contributed by atoms with Crippen LogP contribution < -0.4 is 0 Å². The highest BCUT2D eigenvalue weighted by atomic mass is 79.9. The van der Waals surface area contributed by atoms with E-state index >= 15 is 0 Å². The number of rotatable bonds is 5. The van der Waals surface area contributed by atoms with Crippen molar-refractivity contribution in [1.29, 1.82) is 0 Å². The molecule has 4 rings (SSSR count). The van der Waals surface area contributed by atoms with E-state index in [1.807, 2.05) is 24.6 Å². The average Bonchev–Trinajstić information content (AvgIpc) is 3.78. The Hall–Kier alpha value is -0.320. The summed E-state index contributed by atoms with van der Waals surface area (Å²) in [6, 6.07) is 0. The number of ether oxygens (including phenoxy) is 2. The van der Waals surface area contributed by atoms with Gasteiger partial charge in [-0.3, -0.25) is 9.59 Å². The molecule has 0 aliphatic carbocycles. The van der Waals surface area contributed by atoms with Gasteiger partial charge >= 0.3 is 11.9 Å². The Labute approximate surface area is 321 Å². The van der Waals surface area contributed by atoms with Crippen molar-refractivity contribution in [2.45, 2.75) is 37.3 Å². The molecule has 10 nitrogen and oxygen atoms in total. The molecular weight excluding hydrogens is 1050 g/mol. The SMILES string of the molecule is Brc1csc(Br)n1.CC(Br)C(=O)Br.COC(=O)c1csc(C(=O)C(C)Br)n1.COC(=O)c1csc(C)n1.Cc1nc(Br)cs1. The number of nitrogens with zero attached hydrogens (tertiary/aromatic N) is 4. The lowest BCUT2D eigenvalue weighted by Gasteiger charge is -1.96. The van der Waals surface area contributed by atoms with E-state index < -0.39 is 5.97 Å². The number of esters is 2. The summed E-state index contributed by atoms with van der Waals surface area (Å²) >= 11 is 24.4. The van der Waals surface area contributed by atoms with Crippen LogP contribution in [0.2, 0.25) is 0 Å². The molecule has 0 spiro atoms. The number of Topliss-reactive ketones (excluding diaryl/α,β-unsaturated/α-hetero) is 1. The van der Waals surface area contributed by atoms with Gasteiger partial charge in [-0.25, -0.2) is 29.5 Å². The van der Waals surface area contributed by atoms with Gasteiger partial charge in [0, 0.05) is 21.5 Å². The number of ketones is 1. The Morgan fingerprint density at radius 2 is 1.11 bits per heavy atom. The number of aromatic nitrogens is 4. The molecule has 0 fully saturated rings. The number of hydrogen-bond donors (Lipinski definition) is 0. The zero-order valence-corrected chi connectivity index (χ0v) is 36.4. The molecule has 0 bridgehead atoms. The lowest BCUT2D eigenvalue weighted by molar-refractivity contribution is -0.109. The molecule has 0 saturated carbocycles. The van der Waals surface area contributed by atoms with E-state index in [1.165, 1.54) is 30.9 Å². The lowest BCUT2D eigenvalue weighted by atomic mass is 10.3. The zero-order chi connectivity index (χ0) is 34.0. The second-order valence-corrected chi connectivity index (χ2v) is 17.6. The van der Waals surface area contributed by atoms with Gasteiger partial charge in [0.1, 0.15) is 9.21 Å². The molecule has 0 aliphatic rings. The third-order valence-corrected chi connectivity index (χ3v) is 11.2. The number of thiazole rings is 4. The van der Waals surface area contributed by atoms with Crippen LogP contribution in [0.3, 0.4) is 0 Å². The van der Waals surface area contributed by atoms with Crippen LogP contribution in [0.25, 0.3) is 0 Å². The number of aryl methyl sites for hydroxylation is 2. The van der Waals surface area contributed by atoms with Gasteiger partial charge in [-0.1, -0.05) is 31.9 Å². The molecule has 20 heteroatoms. The van der Waals surface area contributed by atoms with Gasteiger partial charge in [-0.2, -0.15) is 0 Å². The Balaban J connectivity index is 0.000000546. The number of carbonyl (C=O) groups excluding carboxylic acids is 4. The van der Waals surface area contributed by atoms with Crippen molar-refractivity contribution in [3.8, 4) is 0 Å². The maximum Gasteiger partial charge on any atom is 0.357 e. The highest BCUT2D eigenvalue weighted by molar-refractivity contribution is 9.20. The van der Waals surface area contributed by atoms with Crippen LogP contribution in [0.1, 0.15) is 54.6 Å². The van der Waals surface area contributed by atoms with Crippen molar-refractivity contribution in [3.63, 3.8) is 0 Å². The van der Waals surface area contributed by atoms with Crippen LogP contribution in [0, 0.1) is 13.8 Å². The molecule has 4 aromatic rings. The summed E-state index contributed by atoms with van der Waals surface area (Å²) in [7, 11) is 2.62. The van der Waals surface area contributed by atoms with Gasteiger partial charge in [-0.15, -0.1) is 45.3 Å². The minimum absolute atomic E-state index is 0.0116. The summed E-state index contributed by atoms with van der Waals surface area (Å²) in [6.07, 6.45) is 0. The maximum absolute atomic E-state index is 11.4. The monoisotopic (exact) mass is 1070 g/mol. The first kappa shape index (κ1) is 43.7. The Bertz CT molecular complexity index is 1400. The van der Waals surface area contributed by atoms with E-state index in [0.29, 0.717) is 10.7 Å². The second kappa shape index (κ2) is 23.9. The fourth-order valence-corrected chi connectivity index (χ4v) is 6.47. The molecule has 2 unspecified atom stereocenters. The molecule has 2 atom stereocenters.